The van der Waals surface area contributed by atoms with Crippen molar-refractivity contribution < 1.29 is 4.74 Å². The molecule has 3 nitrogen and oxygen atoms in total. The number of rotatable bonds is 7. The molecule has 1 aliphatic rings. The molecule has 0 spiro atoms. The lowest BCUT2D eigenvalue weighted by Crippen LogP contribution is -2.26. The molecular weight excluding hydrogens is 244 g/mol. The summed E-state index contributed by atoms with van der Waals surface area (Å²) in [7, 11) is 0. The van der Waals surface area contributed by atoms with Crippen LogP contribution in [-0.4, -0.2) is 24.7 Å². The minimum Gasteiger partial charge on any atom is -0.368 e. The van der Waals surface area contributed by atoms with Gasteiger partial charge < -0.3 is 10.1 Å². The standard InChI is InChI=1S/C14H24N2OS/c1-3-15-10-7-12-11-18-13(16-12)14(17-4-2)8-5-6-9-14/h11,15H,3-10H2,1-2H3. The van der Waals surface area contributed by atoms with Gasteiger partial charge in [0.25, 0.3) is 0 Å². The lowest BCUT2D eigenvalue weighted by Gasteiger charge is -2.26. The fourth-order valence-electron chi connectivity index (χ4n) is 2.67. The highest BCUT2D eigenvalue weighted by atomic mass is 32.1. The molecule has 0 amide bonds. The van der Waals surface area contributed by atoms with Crippen molar-refractivity contribution >= 4 is 11.3 Å². The summed E-state index contributed by atoms with van der Waals surface area (Å²) >= 11 is 1.78. The molecule has 18 heavy (non-hydrogen) atoms. The molecule has 1 aromatic heterocycles. The van der Waals surface area contributed by atoms with Crippen LogP contribution in [-0.2, 0) is 16.8 Å². The van der Waals surface area contributed by atoms with E-state index in [9.17, 15) is 0 Å². The molecule has 102 valence electrons. The fraction of sp³-hybridized carbons (Fsp3) is 0.786. The van der Waals surface area contributed by atoms with E-state index in [0.717, 1.165) is 39.0 Å². The van der Waals surface area contributed by atoms with Crippen molar-refractivity contribution in [3.8, 4) is 0 Å². The number of hydrogen-bond acceptors (Lipinski definition) is 4. The van der Waals surface area contributed by atoms with Crippen LogP contribution in [0, 0.1) is 0 Å². The van der Waals surface area contributed by atoms with Crippen molar-refractivity contribution in [2.45, 2.75) is 51.6 Å². The average Bonchev–Trinajstić information content (AvgIpc) is 2.99. The molecule has 1 aromatic rings. The van der Waals surface area contributed by atoms with Crippen LogP contribution in [0.25, 0.3) is 0 Å². The van der Waals surface area contributed by atoms with Gasteiger partial charge in [0.2, 0.25) is 0 Å². The Labute approximate surface area is 114 Å². The lowest BCUT2D eigenvalue weighted by molar-refractivity contribution is -0.0392. The van der Waals surface area contributed by atoms with E-state index < -0.39 is 0 Å². The lowest BCUT2D eigenvalue weighted by atomic mass is 10.0. The van der Waals surface area contributed by atoms with E-state index in [-0.39, 0.29) is 5.60 Å². The largest absolute Gasteiger partial charge is 0.368 e. The van der Waals surface area contributed by atoms with E-state index in [2.05, 4.69) is 24.5 Å². The van der Waals surface area contributed by atoms with Crippen molar-refractivity contribution in [1.29, 1.82) is 0 Å². The zero-order valence-electron chi connectivity index (χ0n) is 11.5. The predicted octanol–water partition coefficient (Wildman–Crippen LogP) is 3.10. The zero-order valence-corrected chi connectivity index (χ0v) is 12.3. The number of thiazole rings is 1. The second-order valence-electron chi connectivity index (χ2n) is 4.88. The summed E-state index contributed by atoms with van der Waals surface area (Å²) < 4.78 is 6.05. The van der Waals surface area contributed by atoms with E-state index in [1.165, 1.54) is 23.5 Å². The molecule has 0 saturated heterocycles. The number of likely N-dealkylation sites (N-methyl/N-ethyl adjacent to an activating group) is 1. The summed E-state index contributed by atoms with van der Waals surface area (Å²) in [5.74, 6) is 0. The summed E-state index contributed by atoms with van der Waals surface area (Å²) in [5, 5.41) is 6.75. The van der Waals surface area contributed by atoms with Crippen molar-refractivity contribution in [1.82, 2.24) is 10.3 Å². The van der Waals surface area contributed by atoms with E-state index >= 15 is 0 Å². The second kappa shape index (κ2) is 6.64. The molecule has 0 aromatic carbocycles. The number of ether oxygens (including phenoxy) is 1. The Hall–Kier alpha value is -0.450. The minimum absolute atomic E-state index is 0.0597. The van der Waals surface area contributed by atoms with E-state index in [4.69, 9.17) is 9.72 Å². The molecule has 1 N–H and O–H groups in total. The molecule has 0 atom stereocenters. The molecule has 1 saturated carbocycles. The van der Waals surface area contributed by atoms with Crippen molar-refractivity contribution in [3.05, 3.63) is 16.1 Å². The summed E-state index contributed by atoms with van der Waals surface area (Å²) in [6, 6.07) is 0. The van der Waals surface area contributed by atoms with Gasteiger partial charge in [-0.05, 0) is 26.3 Å². The Morgan fingerprint density at radius 3 is 2.83 bits per heavy atom. The average molecular weight is 268 g/mol. The summed E-state index contributed by atoms with van der Waals surface area (Å²) in [6.45, 7) is 7.04. The molecule has 1 aliphatic carbocycles. The van der Waals surface area contributed by atoms with Gasteiger partial charge in [-0.2, -0.15) is 0 Å². The number of nitrogens with zero attached hydrogens (tertiary/aromatic N) is 1. The number of hydrogen-bond donors (Lipinski definition) is 1. The molecule has 2 rings (SSSR count). The highest BCUT2D eigenvalue weighted by Gasteiger charge is 2.38. The van der Waals surface area contributed by atoms with Gasteiger partial charge in [-0.3, -0.25) is 0 Å². The molecule has 1 heterocycles. The Morgan fingerprint density at radius 2 is 2.17 bits per heavy atom. The second-order valence-corrected chi connectivity index (χ2v) is 5.74. The van der Waals surface area contributed by atoms with E-state index in [1.54, 1.807) is 11.3 Å². The summed E-state index contributed by atoms with van der Waals surface area (Å²) in [6.07, 6.45) is 5.84. The van der Waals surface area contributed by atoms with Gasteiger partial charge in [-0.15, -0.1) is 11.3 Å². The molecule has 4 heteroatoms. The van der Waals surface area contributed by atoms with Crippen LogP contribution in [0.5, 0.6) is 0 Å². The quantitative estimate of drug-likeness (QED) is 0.772. The van der Waals surface area contributed by atoms with Crippen LogP contribution in [0.3, 0.4) is 0 Å². The summed E-state index contributed by atoms with van der Waals surface area (Å²) in [5.41, 5.74) is 1.15. The van der Waals surface area contributed by atoms with Gasteiger partial charge in [0.15, 0.2) is 0 Å². The predicted molar refractivity (Wildman–Crippen MR) is 76.1 cm³/mol. The smallest absolute Gasteiger partial charge is 0.125 e. The van der Waals surface area contributed by atoms with Crippen LogP contribution in [0.4, 0.5) is 0 Å². The Balaban J connectivity index is 2.02. The number of nitrogens with one attached hydrogen (secondary N) is 1. The topological polar surface area (TPSA) is 34.1 Å². The first-order valence-electron chi connectivity index (χ1n) is 7.10. The monoisotopic (exact) mass is 268 g/mol. The maximum Gasteiger partial charge on any atom is 0.125 e. The van der Waals surface area contributed by atoms with Crippen LogP contribution in [0.2, 0.25) is 0 Å². The Kier molecular flexibility index (Phi) is 5.15. The van der Waals surface area contributed by atoms with Gasteiger partial charge >= 0.3 is 0 Å². The zero-order chi connectivity index (χ0) is 12.8. The normalized spacial score (nSPS) is 18.3. The van der Waals surface area contributed by atoms with Crippen LogP contribution in [0.1, 0.15) is 50.2 Å². The third-order valence-electron chi connectivity index (χ3n) is 3.58. The van der Waals surface area contributed by atoms with Crippen LogP contribution in [0.15, 0.2) is 5.38 Å². The Morgan fingerprint density at radius 1 is 1.39 bits per heavy atom. The molecule has 0 unspecified atom stereocenters. The highest BCUT2D eigenvalue weighted by molar-refractivity contribution is 7.09. The first-order chi connectivity index (χ1) is 8.80. The molecule has 0 bridgehead atoms. The van der Waals surface area contributed by atoms with E-state index in [1.807, 2.05) is 0 Å². The SMILES string of the molecule is CCNCCc1csc(C2(OCC)CCCC2)n1. The van der Waals surface area contributed by atoms with Gasteiger partial charge in [-0.1, -0.05) is 19.8 Å². The number of aromatic nitrogens is 1. The van der Waals surface area contributed by atoms with Crippen molar-refractivity contribution in [2.24, 2.45) is 0 Å². The molecular formula is C14H24N2OS. The summed E-state index contributed by atoms with van der Waals surface area (Å²) in [4.78, 5) is 4.81. The molecule has 1 fully saturated rings. The van der Waals surface area contributed by atoms with Crippen molar-refractivity contribution in [3.63, 3.8) is 0 Å². The van der Waals surface area contributed by atoms with Gasteiger partial charge in [0.1, 0.15) is 10.6 Å². The van der Waals surface area contributed by atoms with Gasteiger partial charge in [0, 0.05) is 25.0 Å². The maximum atomic E-state index is 6.05. The van der Waals surface area contributed by atoms with E-state index in [0.29, 0.717) is 0 Å². The maximum absolute atomic E-state index is 6.05. The minimum atomic E-state index is -0.0597. The molecule has 0 radical (unpaired) electrons. The van der Waals surface area contributed by atoms with Crippen LogP contribution < -0.4 is 5.32 Å². The highest BCUT2D eigenvalue weighted by Crippen LogP contribution is 2.43. The first-order valence-corrected chi connectivity index (χ1v) is 7.98. The van der Waals surface area contributed by atoms with Gasteiger partial charge in [0.05, 0.1) is 5.69 Å². The first kappa shape index (κ1) is 14.0. The molecule has 0 aliphatic heterocycles. The fourth-order valence-corrected chi connectivity index (χ4v) is 3.73. The van der Waals surface area contributed by atoms with Crippen molar-refractivity contribution in [2.75, 3.05) is 19.7 Å². The van der Waals surface area contributed by atoms with Crippen LogP contribution >= 0.6 is 11.3 Å². The third-order valence-corrected chi connectivity index (χ3v) is 4.66. The van der Waals surface area contributed by atoms with Gasteiger partial charge in [-0.25, -0.2) is 4.98 Å². The Bertz CT molecular complexity index is 358. The third kappa shape index (κ3) is 3.11.